The molecule has 0 aliphatic rings. The molecule has 0 fully saturated rings. The Kier molecular flexibility index (Phi) is 6.62. The van der Waals surface area contributed by atoms with Crippen LogP contribution in [0.5, 0.6) is 0 Å². The van der Waals surface area contributed by atoms with E-state index < -0.39 is 5.97 Å². The Labute approximate surface area is 130 Å². The first-order chi connectivity index (χ1) is 9.83. The second kappa shape index (κ2) is 7.98. The number of carbonyl (C=O) groups excluding carboxylic acids is 2. The Hall–Kier alpha value is -1.62. The molecule has 6 heteroatoms. The van der Waals surface area contributed by atoms with Crippen molar-refractivity contribution in [3.05, 3.63) is 28.5 Å². The topological polar surface area (TPSA) is 59.5 Å². The molecule has 0 aromatic carbocycles. The van der Waals surface area contributed by atoms with Crippen molar-refractivity contribution in [2.24, 2.45) is 5.92 Å². The molecule has 5 nitrogen and oxygen atoms in total. The summed E-state index contributed by atoms with van der Waals surface area (Å²) in [5.74, 6) is -0.422. The zero-order chi connectivity index (χ0) is 16.0. The second-order valence-corrected chi connectivity index (χ2v) is 5.59. The summed E-state index contributed by atoms with van der Waals surface area (Å²) in [6.45, 7) is 8.16. The SMILES string of the molecule is CCOC(=O)CN(CC(C)C)C(=O)c1cc(C)nc(Cl)c1. The lowest BCUT2D eigenvalue weighted by Crippen LogP contribution is -2.39. The molecule has 21 heavy (non-hydrogen) atoms. The fraction of sp³-hybridized carbons (Fsp3) is 0.533. The van der Waals surface area contributed by atoms with E-state index in [1.54, 1.807) is 19.9 Å². The fourth-order valence-electron chi connectivity index (χ4n) is 1.96. The van der Waals surface area contributed by atoms with E-state index in [-0.39, 0.29) is 23.5 Å². The van der Waals surface area contributed by atoms with Crippen molar-refractivity contribution in [3.8, 4) is 0 Å². The molecule has 1 aromatic heterocycles. The number of esters is 1. The minimum atomic E-state index is -0.414. The van der Waals surface area contributed by atoms with E-state index in [9.17, 15) is 9.59 Å². The molecule has 0 spiro atoms. The van der Waals surface area contributed by atoms with Gasteiger partial charge in [0.15, 0.2) is 0 Å². The first-order valence-corrected chi connectivity index (χ1v) is 7.30. The van der Waals surface area contributed by atoms with Gasteiger partial charge in [-0.2, -0.15) is 0 Å². The molecule has 116 valence electrons. The maximum Gasteiger partial charge on any atom is 0.325 e. The Bertz CT molecular complexity index is 497. The molecule has 0 radical (unpaired) electrons. The highest BCUT2D eigenvalue weighted by Gasteiger charge is 2.21. The number of pyridine rings is 1. The second-order valence-electron chi connectivity index (χ2n) is 5.20. The molecule has 0 N–H and O–H groups in total. The van der Waals surface area contributed by atoms with E-state index in [0.29, 0.717) is 24.4 Å². The van der Waals surface area contributed by atoms with Gasteiger partial charge in [-0.05, 0) is 31.9 Å². The Morgan fingerprint density at radius 2 is 2.05 bits per heavy atom. The van der Waals surface area contributed by atoms with Gasteiger partial charge in [0.05, 0.1) is 6.61 Å². The van der Waals surface area contributed by atoms with Gasteiger partial charge in [-0.1, -0.05) is 25.4 Å². The fourth-order valence-corrected chi connectivity index (χ4v) is 2.21. The van der Waals surface area contributed by atoms with Crippen molar-refractivity contribution in [2.75, 3.05) is 19.7 Å². The molecular weight excluding hydrogens is 292 g/mol. The summed E-state index contributed by atoms with van der Waals surface area (Å²) >= 11 is 5.89. The molecule has 0 saturated carbocycles. The summed E-state index contributed by atoms with van der Waals surface area (Å²) < 4.78 is 4.92. The van der Waals surface area contributed by atoms with Crippen LogP contribution in [0, 0.1) is 12.8 Å². The van der Waals surface area contributed by atoms with E-state index >= 15 is 0 Å². The van der Waals surface area contributed by atoms with Crippen LogP contribution in [0.3, 0.4) is 0 Å². The van der Waals surface area contributed by atoms with E-state index in [0.717, 1.165) is 0 Å². The number of aryl methyl sites for hydroxylation is 1. The number of ether oxygens (including phenoxy) is 1. The van der Waals surface area contributed by atoms with E-state index in [2.05, 4.69) is 4.98 Å². The molecule has 0 unspecified atom stereocenters. The lowest BCUT2D eigenvalue weighted by molar-refractivity contribution is -0.143. The van der Waals surface area contributed by atoms with Gasteiger partial charge in [0.1, 0.15) is 11.7 Å². The van der Waals surface area contributed by atoms with Gasteiger partial charge < -0.3 is 9.64 Å². The van der Waals surface area contributed by atoms with Crippen molar-refractivity contribution < 1.29 is 14.3 Å². The molecule has 0 aliphatic carbocycles. The van der Waals surface area contributed by atoms with Crippen LogP contribution in [0.25, 0.3) is 0 Å². The molecular formula is C15H21ClN2O3. The maximum atomic E-state index is 12.6. The third kappa shape index (κ3) is 5.71. The summed E-state index contributed by atoms with van der Waals surface area (Å²) in [7, 11) is 0. The van der Waals surface area contributed by atoms with Gasteiger partial charge in [0.25, 0.3) is 5.91 Å². The quantitative estimate of drug-likeness (QED) is 0.598. The molecule has 1 rings (SSSR count). The van der Waals surface area contributed by atoms with Crippen LogP contribution in [0.15, 0.2) is 12.1 Å². The van der Waals surface area contributed by atoms with Crippen molar-refractivity contribution >= 4 is 23.5 Å². The summed E-state index contributed by atoms with van der Waals surface area (Å²) in [5.41, 5.74) is 1.09. The molecule has 0 saturated heterocycles. The van der Waals surface area contributed by atoms with Gasteiger partial charge >= 0.3 is 5.97 Å². The third-order valence-corrected chi connectivity index (χ3v) is 2.86. The number of hydrogen-bond acceptors (Lipinski definition) is 4. The van der Waals surface area contributed by atoms with Gasteiger partial charge in [0.2, 0.25) is 0 Å². The zero-order valence-electron chi connectivity index (χ0n) is 12.9. The minimum Gasteiger partial charge on any atom is -0.465 e. The summed E-state index contributed by atoms with van der Waals surface area (Å²) in [6.07, 6.45) is 0. The number of carbonyl (C=O) groups is 2. The van der Waals surface area contributed by atoms with Crippen LogP contribution in [0.1, 0.15) is 36.8 Å². The van der Waals surface area contributed by atoms with Crippen LogP contribution in [0.4, 0.5) is 0 Å². The van der Waals surface area contributed by atoms with Gasteiger partial charge in [0, 0.05) is 17.8 Å². The predicted octanol–water partition coefficient (Wildman–Crippen LogP) is 2.70. The minimum absolute atomic E-state index is 0.0656. The molecule has 0 atom stereocenters. The van der Waals surface area contributed by atoms with Crippen LogP contribution in [-0.4, -0.2) is 41.5 Å². The normalized spacial score (nSPS) is 10.6. The average Bonchev–Trinajstić information content (AvgIpc) is 2.35. The first kappa shape index (κ1) is 17.4. The van der Waals surface area contributed by atoms with Crippen molar-refractivity contribution in [1.29, 1.82) is 0 Å². The third-order valence-electron chi connectivity index (χ3n) is 2.67. The van der Waals surface area contributed by atoms with Crippen LogP contribution >= 0.6 is 11.6 Å². The Balaban J connectivity index is 2.95. The molecule has 1 heterocycles. The van der Waals surface area contributed by atoms with Crippen molar-refractivity contribution in [1.82, 2.24) is 9.88 Å². The van der Waals surface area contributed by atoms with Gasteiger partial charge in [-0.25, -0.2) is 4.98 Å². The largest absolute Gasteiger partial charge is 0.465 e. The van der Waals surface area contributed by atoms with Gasteiger partial charge in [-0.3, -0.25) is 9.59 Å². The molecule has 1 amide bonds. The molecule has 0 aliphatic heterocycles. The standard InChI is InChI=1S/C15H21ClN2O3/c1-5-21-14(19)9-18(8-10(2)3)15(20)12-6-11(4)17-13(16)7-12/h6-7,10H,5,8-9H2,1-4H3. The van der Waals surface area contributed by atoms with E-state index in [4.69, 9.17) is 16.3 Å². The van der Waals surface area contributed by atoms with Crippen LogP contribution < -0.4 is 0 Å². The highest BCUT2D eigenvalue weighted by molar-refractivity contribution is 6.29. The lowest BCUT2D eigenvalue weighted by Gasteiger charge is -2.23. The Morgan fingerprint density at radius 1 is 1.38 bits per heavy atom. The predicted molar refractivity (Wildman–Crippen MR) is 81.4 cm³/mol. The number of amides is 1. The zero-order valence-corrected chi connectivity index (χ0v) is 13.6. The number of aromatic nitrogens is 1. The average molecular weight is 313 g/mol. The monoisotopic (exact) mass is 312 g/mol. The number of halogens is 1. The number of rotatable bonds is 6. The van der Waals surface area contributed by atoms with Crippen LogP contribution in [0.2, 0.25) is 5.15 Å². The van der Waals surface area contributed by atoms with Gasteiger partial charge in [-0.15, -0.1) is 0 Å². The number of nitrogens with zero attached hydrogens (tertiary/aromatic N) is 2. The lowest BCUT2D eigenvalue weighted by atomic mass is 10.1. The molecule has 1 aromatic rings. The highest BCUT2D eigenvalue weighted by Crippen LogP contribution is 2.14. The van der Waals surface area contributed by atoms with E-state index in [1.165, 1.54) is 11.0 Å². The highest BCUT2D eigenvalue weighted by atomic mass is 35.5. The smallest absolute Gasteiger partial charge is 0.325 e. The first-order valence-electron chi connectivity index (χ1n) is 6.92. The number of hydrogen-bond donors (Lipinski definition) is 0. The summed E-state index contributed by atoms with van der Waals surface area (Å²) in [5, 5.41) is 0.263. The van der Waals surface area contributed by atoms with Crippen molar-refractivity contribution in [2.45, 2.75) is 27.7 Å². The summed E-state index contributed by atoms with van der Waals surface area (Å²) in [4.78, 5) is 29.7. The summed E-state index contributed by atoms with van der Waals surface area (Å²) in [6, 6.07) is 3.17. The molecule has 0 bridgehead atoms. The van der Waals surface area contributed by atoms with Crippen LogP contribution in [-0.2, 0) is 9.53 Å². The maximum absolute atomic E-state index is 12.6. The van der Waals surface area contributed by atoms with E-state index in [1.807, 2.05) is 13.8 Å². The van der Waals surface area contributed by atoms with Crippen molar-refractivity contribution in [3.63, 3.8) is 0 Å². The Morgan fingerprint density at radius 3 is 2.57 bits per heavy atom.